The molecule has 182 valence electrons. The van der Waals surface area contributed by atoms with Crippen LogP contribution in [-0.4, -0.2) is 51.4 Å². The van der Waals surface area contributed by atoms with Crippen molar-refractivity contribution in [1.29, 1.82) is 0 Å². The Morgan fingerprint density at radius 1 is 0.914 bits per heavy atom. The van der Waals surface area contributed by atoms with Crippen molar-refractivity contribution in [3.8, 4) is 28.7 Å². The van der Waals surface area contributed by atoms with E-state index in [0.29, 0.717) is 46.5 Å². The van der Waals surface area contributed by atoms with Gasteiger partial charge in [0.05, 0.1) is 19.9 Å². The fraction of sp³-hybridized carbons (Fsp3) is 0.231. The van der Waals surface area contributed by atoms with Crippen molar-refractivity contribution in [1.82, 2.24) is 4.90 Å². The van der Waals surface area contributed by atoms with Crippen LogP contribution in [0.2, 0.25) is 0 Å². The van der Waals surface area contributed by atoms with Gasteiger partial charge < -0.3 is 33.9 Å². The lowest BCUT2D eigenvalue weighted by Gasteiger charge is -2.19. The number of rotatable bonds is 9. The summed E-state index contributed by atoms with van der Waals surface area (Å²) < 4.78 is 27.0. The number of nitrogens with one attached hydrogen (secondary N) is 1. The fourth-order valence-electron chi connectivity index (χ4n) is 3.60. The van der Waals surface area contributed by atoms with Gasteiger partial charge in [-0.15, -0.1) is 0 Å². The third-order valence-corrected chi connectivity index (χ3v) is 5.35. The zero-order chi connectivity index (χ0) is 24.8. The molecule has 1 aliphatic heterocycles. The first-order valence-electron chi connectivity index (χ1n) is 10.9. The van der Waals surface area contributed by atoms with E-state index in [-0.39, 0.29) is 25.2 Å². The van der Waals surface area contributed by atoms with Crippen LogP contribution in [0.4, 0.5) is 5.69 Å². The van der Waals surface area contributed by atoms with Gasteiger partial charge >= 0.3 is 0 Å². The maximum Gasteiger partial charge on any atom is 0.262 e. The lowest BCUT2D eigenvalue weighted by molar-refractivity contribution is -0.118. The molecule has 0 saturated carbocycles. The van der Waals surface area contributed by atoms with Gasteiger partial charge in [0.15, 0.2) is 29.6 Å². The lowest BCUT2D eigenvalue weighted by atomic mass is 10.1. The van der Waals surface area contributed by atoms with Crippen LogP contribution >= 0.6 is 0 Å². The second kappa shape index (κ2) is 10.7. The Kier molecular flexibility index (Phi) is 7.25. The summed E-state index contributed by atoms with van der Waals surface area (Å²) in [6.45, 7) is 0.342. The van der Waals surface area contributed by atoms with Crippen LogP contribution in [0.3, 0.4) is 0 Å². The van der Waals surface area contributed by atoms with Crippen molar-refractivity contribution in [3.63, 3.8) is 0 Å². The molecule has 0 atom stereocenters. The molecule has 0 spiro atoms. The molecule has 1 heterocycles. The Morgan fingerprint density at radius 2 is 1.69 bits per heavy atom. The van der Waals surface area contributed by atoms with E-state index >= 15 is 0 Å². The first-order valence-corrected chi connectivity index (χ1v) is 10.9. The molecule has 9 nitrogen and oxygen atoms in total. The summed E-state index contributed by atoms with van der Waals surface area (Å²) in [5.41, 5.74) is 1.89. The molecule has 1 aliphatic rings. The number of carbonyl (C=O) groups excluding carboxylic acids is 2. The molecule has 3 aromatic carbocycles. The van der Waals surface area contributed by atoms with E-state index in [4.69, 9.17) is 23.7 Å². The third-order valence-electron chi connectivity index (χ3n) is 5.35. The van der Waals surface area contributed by atoms with Gasteiger partial charge in [-0.2, -0.15) is 0 Å². The van der Waals surface area contributed by atoms with E-state index in [1.54, 1.807) is 48.3 Å². The molecule has 0 saturated heterocycles. The standard InChI is InChI=1S/C26H26N2O7/c1-28(14-17-8-10-22-24(12-17)35-16-34-22)26(30)18-9-11-21(23(13-18)32-3)33-15-25(29)27-19-6-4-5-7-20(19)31-2/h4-13H,14-16H2,1-3H3,(H,27,29). The van der Waals surface area contributed by atoms with E-state index in [0.717, 1.165) is 5.56 Å². The number of ether oxygens (including phenoxy) is 5. The van der Waals surface area contributed by atoms with Crippen molar-refractivity contribution in [2.45, 2.75) is 6.54 Å². The second-order valence-corrected chi connectivity index (χ2v) is 7.75. The third kappa shape index (κ3) is 5.57. The van der Waals surface area contributed by atoms with Crippen LogP contribution in [-0.2, 0) is 11.3 Å². The summed E-state index contributed by atoms with van der Waals surface area (Å²) in [7, 11) is 4.72. The second-order valence-electron chi connectivity index (χ2n) is 7.75. The monoisotopic (exact) mass is 478 g/mol. The summed E-state index contributed by atoms with van der Waals surface area (Å²) >= 11 is 0. The molecule has 0 aliphatic carbocycles. The van der Waals surface area contributed by atoms with Crippen LogP contribution in [0.25, 0.3) is 0 Å². The zero-order valence-corrected chi connectivity index (χ0v) is 19.7. The average molecular weight is 479 g/mol. The van der Waals surface area contributed by atoms with Crippen LogP contribution in [0.1, 0.15) is 15.9 Å². The normalized spacial score (nSPS) is 11.5. The number of hydrogen-bond acceptors (Lipinski definition) is 7. The van der Waals surface area contributed by atoms with Crippen molar-refractivity contribution in [3.05, 3.63) is 71.8 Å². The number of para-hydroxylation sites is 2. The van der Waals surface area contributed by atoms with E-state index in [1.165, 1.54) is 14.2 Å². The number of methoxy groups -OCH3 is 2. The van der Waals surface area contributed by atoms with Crippen LogP contribution < -0.4 is 29.0 Å². The zero-order valence-electron chi connectivity index (χ0n) is 19.7. The lowest BCUT2D eigenvalue weighted by Crippen LogP contribution is -2.26. The molecule has 4 rings (SSSR count). The fourth-order valence-corrected chi connectivity index (χ4v) is 3.60. The minimum Gasteiger partial charge on any atom is -0.495 e. The van der Waals surface area contributed by atoms with Crippen LogP contribution in [0, 0.1) is 0 Å². The summed E-state index contributed by atoms with van der Waals surface area (Å²) in [5.74, 6) is 2.05. The number of hydrogen-bond donors (Lipinski definition) is 1. The van der Waals surface area contributed by atoms with E-state index < -0.39 is 0 Å². The maximum absolute atomic E-state index is 13.0. The quantitative estimate of drug-likeness (QED) is 0.501. The minimum atomic E-state index is -0.361. The predicted octanol–water partition coefficient (Wildman–Crippen LogP) is 3.72. The van der Waals surface area contributed by atoms with Gasteiger partial charge in [0, 0.05) is 19.2 Å². The summed E-state index contributed by atoms with van der Waals surface area (Å²) in [6, 6.07) is 17.5. The summed E-state index contributed by atoms with van der Waals surface area (Å²) in [6.07, 6.45) is 0. The number of anilines is 1. The molecule has 2 amide bonds. The number of carbonyl (C=O) groups is 2. The Labute approximate surface area is 203 Å². The minimum absolute atomic E-state index is 0.193. The highest BCUT2D eigenvalue weighted by atomic mass is 16.7. The van der Waals surface area contributed by atoms with E-state index in [1.807, 2.05) is 24.3 Å². The first kappa shape index (κ1) is 23.7. The molecule has 9 heteroatoms. The van der Waals surface area contributed by atoms with Gasteiger partial charge in [-0.25, -0.2) is 0 Å². The highest BCUT2D eigenvalue weighted by Crippen LogP contribution is 2.33. The molecule has 0 unspecified atom stereocenters. The molecular weight excluding hydrogens is 452 g/mol. The molecule has 0 bridgehead atoms. The molecule has 1 N–H and O–H groups in total. The average Bonchev–Trinajstić information content (AvgIpc) is 3.35. The van der Waals surface area contributed by atoms with Gasteiger partial charge in [0.2, 0.25) is 6.79 Å². The highest BCUT2D eigenvalue weighted by molar-refractivity contribution is 5.95. The summed E-state index contributed by atoms with van der Waals surface area (Å²) in [4.78, 5) is 26.9. The molecule has 0 fully saturated rings. The topological polar surface area (TPSA) is 95.6 Å². The van der Waals surface area contributed by atoms with E-state index in [9.17, 15) is 9.59 Å². The van der Waals surface area contributed by atoms with Crippen molar-refractivity contribution in [2.75, 3.05) is 40.0 Å². The molecule has 0 radical (unpaired) electrons. The van der Waals surface area contributed by atoms with Gasteiger partial charge in [-0.05, 0) is 48.0 Å². The number of nitrogens with zero attached hydrogens (tertiary/aromatic N) is 1. The Balaban J connectivity index is 1.38. The Morgan fingerprint density at radius 3 is 2.49 bits per heavy atom. The molecule has 0 aromatic heterocycles. The first-order chi connectivity index (χ1) is 17.0. The number of fused-ring (bicyclic) bond motifs is 1. The van der Waals surface area contributed by atoms with E-state index in [2.05, 4.69) is 5.32 Å². The van der Waals surface area contributed by atoms with Gasteiger partial charge in [-0.1, -0.05) is 18.2 Å². The molecular formula is C26H26N2O7. The van der Waals surface area contributed by atoms with Gasteiger partial charge in [0.1, 0.15) is 5.75 Å². The molecule has 35 heavy (non-hydrogen) atoms. The smallest absolute Gasteiger partial charge is 0.262 e. The van der Waals surface area contributed by atoms with Crippen molar-refractivity contribution >= 4 is 17.5 Å². The SMILES string of the molecule is COc1ccccc1NC(=O)COc1ccc(C(=O)N(C)Cc2ccc3c(c2)OCO3)cc1OC. The largest absolute Gasteiger partial charge is 0.495 e. The van der Waals surface area contributed by atoms with Crippen molar-refractivity contribution in [2.24, 2.45) is 0 Å². The van der Waals surface area contributed by atoms with Gasteiger partial charge in [0.25, 0.3) is 11.8 Å². The van der Waals surface area contributed by atoms with Crippen LogP contribution in [0.5, 0.6) is 28.7 Å². The Bertz CT molecular complexity index is 1230. The van der Waals surface area contributed by atoms with Crippen molar-refractivity contribution < 1.29 is 33.3 Å². The number of amides is 2. The van der Waals surface area contributed by atoms with Crippen LogP contribution in [0.15, 0.2) is 60.7 Å². The maximum atomic E-state index is 13.0. The highest BCUT2D eigenvalue weighted by Gasteiger charge is 2.18. The predicted molar refractivity (Wildman–Crippen MR) is 128 cm³/mol. The Hall–Kier alpha value is -4.40. The van der Waals surface area contributed by atoms with Gasteiger partial charge in [-0.3, -0.25) is 9.59 Å². The summed E-state index contributed by atoms with van der Waals surface area (Å²) in [5, 5.41) is 2.75. The molecule has 3 aromatic rings. The number of benzene rings is 3.